The molecule has 4 nitrogen and oxygen atoms in total. The third-order valence-corrected chi connectivity index (χ3v) is 2.78. The zero-order chi connectivity index (χ0) is 11.8. The van der Waals surface area contributed by atoms with E-state index in [4.69, 9.17) is 10.5 Å². The first-order valence-electron chi connectivity index (χ1n) is 5.27. The van der Waals surface area contributed by atoms with E-state index in [0.717, 1.165) is 16.3 Å². The Hall–Kier alpha value is -2.36. The summed E-state index contributed by atoms with van der Waals surface area (Å²) >= 11 is 0. The van der Waals surface area contributed by atoms with Gasteiger partial charge in [0.2, 0.25) is 0 Å². The van der Waals surface area contributed by atoms with Crippen LogP contribution in [0.15, 0.2) is 36.5 Å². The van der Waals surface area contributed by atoms with E-state index in [9.17, 15) is 0 Å². The van der Waals surface area contributed by atoms with E-state index in [1.807, 2.05) is 30.3 Å². The van der Waals surface area contributed by atoms with Crippen molar-refractivity contribution >= 4 is 27.6 Å². The third kappa shape index (κ3) is 1.45. The average molecular weight is 225 g/mol. The normalized spacial score (nSPS) is 10.9. The van der Waals surface area contributed by atoms with Gasteiger partial charge in [-0.05, 0) is 12.1 Å². The lowest BCUT2D eigenvalue weighted by Gasteiger charge is -2.07. The summed E-state index contributed by atoms with van der Waals surface area (Å²) in [6, 6.07) is 9.78. The number of benzene rings is 1. The molecule has 4 heteroatoms. The lowest BCUT2D eigenvalue weighted by atomic mass is 10.1. The molecule has 0 bridgehead atoms. The first-order chi connectivity index (χ1) is 8.29. The molecule has 0 aliphatic rings. The molecule has 1 aromatic carbocycles. The van der Waals surface area contributed by atoms with Crippen LogP contribution in [-0.4, -0.2) is 17.1 Å². The highest BCUT2D eigenvalue weighted by atomic mass is 16.5. The fourth-order valence-corrected chi connectivity index (χ4v) is 1.95. The summed E-state index contributed by atoms with van der Waals surface area (Å²) in [5.74, 6) is 1.16. The molecule has 2 aromatic heterocycles. The number of anilines is 1. The second-order valence-corrected chi connectivity index (χ2v) is 3.79. The molecule has 3 rings (SSSR count). The minimum Gasteiger partial charge on any atom is -0.495 e. The topological polar surface area (TPSA) is 61.0 Å². The van der Waals surface area contributed by atoms with Gasteiger partial charge in [-0.2, -0.15) is 0 Å². The van der Waals surface area contributed by atoms with Crippen molar-refractivity contribution in [2.24, 2.45) is 0 Å². The van der Waals surface area contributed by atoms with Crippen LogP contribution in [0.2, 0.25) is 0 Å². The van der Waals surface area contributed by atoms with Gasteiger partial charge in [0, 0.05) is 10.8 Å². The van der Waals surface area contributed by atoms with Crippen molar-refractivity contribution in [1.82, 2.24) is 9.97 Å². The Morgan fingerprint density at radius 3 is 2.82 bits per heavy atom. The molecular weight excluding hydrogens is 214 g/mol. The maximum Gasteiger partial charge on any atom is 0.150 e. The Labute approximate surface area is 98.1 Å². The molecule has 0 saturated carbocycles. The molecule has 0 atom stereocenters. The molecule has 84 valence electrons. The van der Waals surface area contributed by atoms with Crippen molar-refractivity contribution in [1.29, 1.82) is 0 Å². The number of para-hydroxylation sites is 1. The van der Waals surface area contributed by atoms with Gasteiger partial charge < -0.3 is 10.5 Å². The largest absolute Gasteiger partial charge is 0.495 e. The fourth-order valence-electron chi connectivity index (χ4n) is 1.95. The summed E-state index contributed by atoms with van der Waals surface area (Å²) in [5.41, 5.74) is 7.48. The van der Waals surface area contributed by atoms with Crippen LogP contribution >= 0.6 is 0 Å². The maximum absolute atomic E-state index is 5.90. The second kappa shape index (κ2) is 3.59. The van der Waals surface area contributed by atoms with Gasteiger partial charge in [-0.3, -0.25) is 0 Å². The minimum atomic E-state index is 0.446. The molecule has 3 aromatic rings. The third-order valence-electron chi connectivity index (χ3n) is 2.78. The van der Waals surface area contributed by atoms with E-state index >= 15 is 0 Å². The Morgan fingerprint density at radius 1 is 1.18 bits per heavy atom. The molecule has 0 aliphatic heterocycles. The summed E-state index contributed by atoms with van der Waals surface area (Å²) in [7, 11) is 1.62. The number of hydrogen-bond donors (Lipinski definition) is 1. The summed E-state index contributed by atoms with van der Waals surface area (Å²) in [6.45, 7) is 0. The van der Waals surface area contributed by atoms with Crippen LogP contribution in [0.25, 0.3) is 21.8 Å². The molecule has 0 radical (unpaired) electrons. The van der Waals surface area contributed by atoms with Crippen molar-refractivity contribution < 1.29 is 4.74 Å². The molecule has 0 unspecified atom stereocenters. The first-order valence-corrected chi connectivity index (χ1v) is 5.27. The lowest BCUT2D eigenvalue weighted by molar-refractivity contribution is 0.414. The minimum absolute atomic E-state index is 0.446. The molecule has 2 N–H and O–H groups in total. The number of nitrogens with two attached hydrogens (primary N) is 1. The monoisotopic (exact) mass is 225 g/mol. The molecular formula is C13H11N3O. The molecule has 0 fully saturated rings. The van der Waals surface area contributed by atoms with Gasteiger partial charge in [0.15, 0.2) is 5.82 Å². The molecule has 0 aliphatic carbocycles. The number of fused-ring (bicyclic) bond motifs is 3. The van der Waals surface area contributed by atoms with Crippen LogP contribution in [0, 0.1) is 0 Å². The van der Waals surface area contributed by atoms with Gasteiger partial charge in [0.25, 0.3) is 0 Å². The zero-order valence-corrected chi connectivity index (χ0v) is 9.34. The lowest BCUT2D eigenvalue weighted by Crippen LogP contribution is -1.96. The Bertz CT molecular complexity index is 709. The van der Waals surface area contributed by atoms with Gasteiger partial charge in [-0.25, -0.2) is 9.97 Å². The predicted molar refractivity (Wildman–Crippen MR) is 68.0 cm³/mol. The van der Waals surface area contributed by atoms with E-state index in [0.29, 0.717) is 17.1 Å². The van der Waals surface area contributed by atoms with E-state index in [1.165, 1.54) is 0 Å². The van der Waals surface area contributed by atoms with Crippen molar-refractivity contribution in [2.45, 2.75) is 0 Å². The van der Waals surface area contributed by atoms with E-state index < -0.39 is 0 Å². The van der Waals surface area contributed by atoms with Crippen molar-refractivity contribution in [3.05, 3.63) is 36.5 Å². The van der Waals surface area contributed by atoms with Crippen LogP contribution in [0.3, 0.4) is 0 Å². The van der Waals surface area contributed by atoms with Crippen molar-refractivity contribution in [2.75, 3.05) is 12.8 Å². The van der Waals surface area contributed by atoms with Crippen LogP contribution in [0.4, 0.5) is 5.82 Å². The highest BCUT2D eigenvalue weighted by Crippen LogP contribution is 2.28. The summed E-state index contributed by atoms with van der Waals surface area (Å²) in [5, 5.41) is 2.00. The maximum atomic E-state index is 5.90. The first kappa shape index (κ1) is 9.84. The predicted octanol–water partition coefficient (Wildman–Crippen LogP) is 2.37. The van der Waals surface area contributed by atoms with Gasteiger partial charge in [-0.15, -0.1) is 0 Å². The van der Waals surface area contributed by atoms with Crippen LogP contribution in [0.1, 0.15) is 0 Å². The smallest absolute Gasteiger partial charge is 0.150 e. The Kier molecular flexibility index (Phi) is 2.08. The fraction of sp³-hybridized carbons (Fsp3) is 0.0769. The summed E-state index contributed by atoms with van der Waals surface area (Å²) in [4.78, 5) is 8.62. The molecule has 17 heavy (non-hydrogen) atoms. The van der Waals surface area contributed by atoms with Crippen molar-refractivity contribution in [3.63, 3.8) is 0 Å². The van der Waals surface area contributed by atoms with Gasteiger partial charge in [0.1, 0.15) is 11.3 Å². The SMILES string of the molecule is COc1cnc2c(N)nc3ccccc3c2c1. The summed E-state index contributed by atoms with van der Waals surface area (Å²) in [6.07, 6.45) is 1.65. The molecule has 2 heterocycles. The van der Waals surface area contributed by atoms with Crippen molar-refractivity contribution in [3.8, 4) is 5.75 Å². The van der Waals surface area contributed by atoms with Gasteiger partial charge in [0.05, 0.1) is 18.8 Å². The number of aromatic nitrogens is 2. The zero-order valence-electron chi connectivity index (χ0n) is 9.34. The highest BCUT2D eigenvalue weighted by molar-refractivity contribution is 6.08. The number of rotatable bonds is 1. The number of pyridine rings is 2. The van der Waals surface area contributed by atoms with Gasteiger partial charge in [-0.1, -0.05) is 18.2 Å². The number of hydrogen-bond acceptors (Lipinski definition) is 4. The summed E-state index contributed by atoms with van der Waals surface area (Å²) < 4.78 is 5.19. The van der Waals surface area contributed by atoms with Gasteiger partial charge >= 0.3 is 0 Å². The number of ether oxygens (including phenoxy) is 1. The average Bonchev–Trinajstić information content (AvgIpc) is 2.38. The van der Waals surface area contributed by atoms with E-state index in [1.54, 1.807) is 13.3 Å². The number of methoxy groups -OCH3 is 1. The molecule has 0 saturated heterocycles. The Balaban J connectivity index is 2.52. The van der Waals surface area contributed by atoms with Crippen LogP contribution in [0.5, 0.6) is 5.75 Å². The number of nitrogen functional groups attached to an aromatic ring is 1. The quantitative estimate of drug-likeness (QED) is 0.646. The van der Waals surface area contributed by atoms with Crippen LogP contribution < -0.4 is 10.5 Å². The molecule has 0 amide bonds. The van der Waals surface area contributed by atoms with E-state index in [2.05, 4.69) is 9.97 Å². The Morgan fingerprint density at radius 2 is 2.00 bits per heavy atom. The highest BCUT2D eigenvalue weighted by Gasteiger charge is 2.07. The number of nitrogens with zero attached hydrogens (tertiary/aromatic N) is 2. The van der Waals surface area contributed by atoms with Crippen LogP contribution in [-0.2, 0) is 0 Å². The second-order valence-electron chi connectivity index (χ2n) is 3.79. The molecule has 0 spiro atoms. The standard InChI is InChI=1S/C13H11N3O/c1-17-8-6-10-9-4-2-3-5-11(9)16-13(14)12(10)15-7-8/h2-7H,1H3,(H2,14,16). The van der Waals surface area contributed by atoms with E-state index in [-0.39, 0.29) is 0 Å².